The van der Waals surface area contributed by atoms with Gasteiger partial charge >= 0.3 is 0 Å². The van der Waals surface area contributed by atoms with E-state index in [2.05, 4.69) is 25.2 Å². The molecule has 1 aromatic rings. The predicted octanol–water partition coefficient (Wildman–Crippen LogP) is 2.98. The van der Waals surface area contributed by atoms with Crippen LogP contribution >= 0.6 is 0 Å². The van der Waals surface area contributed by atoms with Crippen molar-refractivity contribution < 1.29 is 4.74 Å². The van der Waals surface area contributed by atoms with Gasteiger partial charge in [-0.25, -0.2) is 0 Å². The lowest BCUT2D eigenvalue weighted by molar-refractivity contribution is 0.280. The van der Waals surface area contributed by atoms with Gasteiger partial charge in [-0.2, -0.15) is 5.26 Å². The van der Waals surface area contributed by atoms with Gasteiger partial charge in [0.1, 0.15) is 12.4 Å². The van der Waals surface area contributed by atoms with Crippen LogP contribution in [0.5, 0.6) is 5.75 Å². The van der Waals surface area contributed by atoms with Crippen LogP contribution in [0.2, 0.25) is 0 Å². The number of rotatable bonds is 8. The number of para-hydroxylation sites is 1. The van der Waals surface area contributed by atoms with Crippen molar-refractivity contribution in [3.63, 3.8) is 0 Å². The summed E-state index contributed by atoms with van der Waals surface area (Å²) in [6.07, 6.45) is 1.55. The maximum atomic E-state index is 8.57. The van der Waals surface area contributed by atoms with Gasteiger partial charge in [0.05, 0.1) is 6.07 Å². The molecule has 0 bridgehead atoms. The summed E-state index contributed by atoms with van der Waals surface area (Å²) >= 11 is 0. The summed E-state index contributed by atoms with van der Waals surface area (Å²) in [4.78, 5) is 0. The van der Waals surface area contributed by atoms with E-state index in [1.165, 1.54) is 0 Å². The van der Waals surface area contributed by atoms with Gasteiger partial charge in [0.2, 0.25) is 0 Å². The Hall–Kier alpha value is -1.53. The van der Waals surface area contributed by atoms with Gasteiger partial charge < -0.3 is 10.1 Å². The summed E-state index contributed by atoms with van der Waals surface area (Å²) in [5.41, 5.74) is 0.169. The molecule has 1 N–H and O–H groups in total. The Morgan fingerprint density at radius 2 is 2.00 bits per heavy atom. The number of hydrogen-bond acceptors (Lipinski definition) is 3. The summed E-state index contributed by atoms with van der Waals surface area (Å²) in [5.74, 6) is 0.906. The van der Waals surface area contributed by atoms with Gasteiger partial charge in [-0.15, -0.1) is 0 Å². The highest BCUT2D eigenvalue weighted by molar-refractivity contribution is 5.20. The fourth-order valence-electron chi connectivity index (χ4n) is 1.67. The SMILES string of the molecule is CC(C)(CCC#N)CNCCOc1ccccc1. The maximum Gasteiger partial charge on any atom is 0.119 e. The number of benzene rings is 1. The van der Waals surface area contributed by atoms with E-state index in [9.17, 15) is 0 Å². The lowest BCUT2D eigenvalue weighted by Gasteiger charge is -2.23. The standard InChI is InChI=1S/C15H22N2O/c1-15(2,9-6-10-16)13-17-11-12-18-14-7-4-3-5-8-14/h3-5,7-8,17H,6,9,11-13H2,1-2H3. The molecule has 0 aliphatic rings. The lowest BCUT2D eigenvalue weighted by atomic mass is 9.88. The van der Waals surface area contributed by atoms with Crippen molar-refractivity contribution >= 4 is 0 Å². The predicted molar refractivity (Wildman–Crippen MR) is 73.4 cm³/mol. The van der Waals surface area contributed by atoms with Gasteiger partial charge in [-0.3, -0.25) is 0 Å². The van der Waals surface area contributed by atoms with Crippen LogP contribution in [0.15, 0.2) is 30.3 Å². The highest BCUT2D eigenvalue weighted by Gasteiger charge is 2.16. The van der Waals surface area contributed by atoms with Crippen LogP contribution in [-0.2, 0) is 0 Å². The van der Waals surface area contributed by atoms with Crippen LogP contribution in [0.1, 0.15) is 26.7 Å². The van der Waals surface area contributed by atoms with Crippen LogP contribution in [0.25, 0.3) is 0 Å². The molecule has 0 aliphatic carbocycles. The molecule has 0 atom stereocenters. The molecule has 1 rings (SSSR count). The highest BCUT2D eigenvalue weighted by atomic mass is 16.5. The molecule has 0 unspecified atom stereocenters. The molecule has 0 heterocycles. The van der Waals surface area contributed by atoms with Crippen LogP contribution in [0.3, 0.4) is 0 Å². The zero-order chi connectivity index (χ0) is 13.3. The van der Waals surface area contributed by atoms with E-state index in [4.69, 9.17) is 10.00 Å². The lowest BCUT2D eigenvalue weighted by Crippen LogP contribution is -2.32. The first-order valence-corrected chi connectivity index (χ1v) is 6.39. The van der Waals surface area contributed by atoms with E-state index < -0.39 is 0 Å². The number of hydrogen-bond donors (Lipinski definition) is 1. The third-order valence-corrected chi connectivity index (χ3v) is 2.81. The third kappa shape index (κ3) is 6.27. The second kappa shape index (κ2) is 7.73. The molecule has 3 nitrogen and oxygen atoms in total. The van der Waals surface area contributed by atoms with Crippen molar-refractivity contribution in [1.29, 1.82) is 5.26 Å². The fraction of sp³-hybridized carbons (Fsp3) is 0.533. The second-order valence-corrected chi connectivity index (χ2v) is 5.16. The van der Waals surface area contributed by atoms with Crippen LogP contribution in [-0.4, -0.2) is 19.7 Å². The number of ether oxygens (including phenoxy) is 1. The molecule has 3 heteroatoms. The molecular formula is C15H22N2O. The smallest absolute Gasteiger partial charge is 0.119 e. The van der Waals surface area contributed by atoms with E-state index in [0.717, 1.165) is 25.3 Å². The van der Waals surface area contributed by atoms with Crippen molar-refractivity contribution in [3.05, 3.63) is 30.3 Å². The van der Waals surface area contributed by atoms with Gasteiger partial charge in [0, 0.05) is 19.5 Å². The molecule has 0 aromatic heterocycles. The summed E-state index contributed by atoms with van der Waals surface area (Å²) < 4.78 is 5.59. The van der Waals surface area contributed by atoms with Crippen LogP contribution in [0, 0.1) is 16.7 Å². The average Bonchev–Trinajstić information content (AvgIpc) is 2.37. The second-order valence-electron chi connectivity index (χ2n) is 5.16. The van der Waals surface area contributed by atoms with Gasteiger partial charge in [0.15, 0.2) is 0 Å². The summed E-state index contributed by atoms with van der Waals surface area (Å²) in [7, 11) is 0. The van der Waals surface area contributed by atoms with Crippen molar-refractivity contribution in [3.8, 4) is 11.8 Å². The van der Waals surface area contributed by atoms with E-state index in [1.807, 2.05) is 30.3 Å². The van der Waals surface area contributed by atoms with Gasteiger partial charge in [-0.05, 0) is 24.0 Å². The first-order chi connectivity index (χ1) is 8.64. The molecule has 0 saturated carbocycles. The van der Waals surface area contributed by atoms with E-state index >= 15 is 0 Å². The van der Waals surface area contributed by atoms with E-state index in [-0.39, 0.29) is 5.41 Å². The first-order valence-electron chi connectivity index (χ1n) is 6.39. The molecule has 18 heavy (non-hydrogen) atoms. The van der Waals surface area contributed by atoms with Crippen molar-refractivity contribution in [2.24, 2.45) is 5.41 Å². The molecular weight excluding hydrogens is 224 g/mol. The minimum Gasteiger partial charge on any atom is -0.492 e. The Balaban J connectivity index is 2.10. The first kappa shape index (κ1) is 14.5. The molecule has 0 spiro atoms. The Bertz CT molecular complexity index is 368. The normalized spacial score (nSPS) is 10.9. The molecule has 0 fully saturated rings. The van der Waals surface area contributed by atoms with Crippen LogP contribution in [0.4, 0.5) is 0 Å². The van der Waals surface area contributed by atoms with Gasteiger partial charge in [-0.1, -0.05) is 32.0 Å². The summed E-state index contributed by atoms with van der Waals surface area (Å²) in [5, 5.41) is 11.9. The zero-order valence-electron chi connectivity index (χ0n) is 11.3. The molecule has 0 saturated heterocycles. The minimum absolute atomic E-state index is 0.169. The monoisotopic (exact) mass is 246 g/mol. The third-order valence-electron chi connectivity index (χ3n) is 2.81. The molecule has 1 aromatic carbocycles. The largest absolute Gasteiger partial charge is 0.492 e. The Kier molecular flexibility index (Phi) is 6.24. The van der Waals surface area contributed by atoms with Crippen molar-refractivity contribution in [1.82, 2.24) is 5.32 Å². The van der Waals surface area contributed by atoms with Crippen molar-refractivity contribution in [2.45, 2.75) is 26.7 Å². The fourth-order valence-corrected chi connectivity index (χ4v) is 1.67. The quantitative estimate of drug-likeness (QED) is 0.717. The van der Waals surface area contributed by atoms with E-state index in [0.29, 0.717) is 13.0 Å². The van der Waals surface area contributed by atoms with Gasteiger partial charge in [0.25, 0.3) is 0 Å². The Morgan fingerprint density at radius 1 is 1.28 bits per heavy atom. The van der Waals surface area contributed by atoms with E-state index in [1.54, 1.807) is 0 Å². The molecule has 98 valence electrons. The zero-order valence-corrected chi connectivity index (χ0v) is 11.3. The summed E-state index contributed by atoms with van der Waals surface area (Å²) in [6.45, 7) is 6.75. The average molecular weight is 246 g/mol. The Labute approximate surface area is 110 Å². The summed E-state index contributed by atoms with van der Waals surface area (Å²) in [6, 6.07) is 12.0. The highest BCUT2D eigenvalue weighted by Crippen LogP contribution is 2.20. The van der Waals surface area contributed by atoms with Crippen LogP contribution < -0.4 is 10.1 Å². The molecule has 0 radical (unpaired) electrons. The molecule has 0 amide bonds. The number of nitrogens with one attached hydrogen (secondary N) is 1. The minimum atomic E-state index is 0.169. The topological polar surface area (TPSA) is 45.0 Å². The maximum absolute atomic E-state index is 8.57. The number of nitriles is 1. The van der Waals surface area contributed by atoms with Crippen molar-refractivity contribution in [2.75, 3.05) is 19.7 Å². The number of nitrogens with zero attached hydrogens (tertiary/aromatic N) is 1. The Morgan fingerprint density at radius 3 is 2.67 bits per heavy atom. The molecule has 0 aliphatic heterocycles.